The number of benzene rings is 1. The van der Waals surface area contributed by atoms with Crippen molar-refractivity contribution in [2.24, 2.45) is 16.8 Å². The van der Waals surface area contributed by atoms with Gasteiger partial charge in [-0.1, -0.05) is 39.8 Å². The third-order valence-corrected chi connectivity index (χ3v) is 6.12. The molecular weight excluding hydrogens is 451 g/mol. The monoisotopic (exact) mass is 486 g/mol. The highest BCUT2D eigenvalue weighted by Crippen LogP contribution is 2.14. The van der Waals surface area contributed by atoms with Crippen LogP contribution in [0.4, 0.5) is 10.2 Å². The Balaban J connectivity index is 1.89. The lowest BCUT2D eigenvalue weighted by atomic mass is 10.2. The molecule has 0 bridgehead atoms. The minimum Gasteiger partial charge on any atom is -0.384 e. The minimum atomic E-state index is -0.233. The average Bonchev–Trinajstić information content (AvgIpc) is 2.79. The molecule has 1 unspecified atom stereocenters. The second-order valence-corrected chi connectivity index (χ2v) is 10.0. The molecule has 1 aliphatic heterocycles. The van der Waals surface area contributed by atoms with Gasteiger partial charge in [0.25, 0.3) is 0 Å². The van der Waals surface area contributed by atoms with Gasteiger partial charge in [0, 0.05) is 32.7 Å². The van der Waals surface area contributed by atoms with Crippen LogP contribution in [0.15, 0.2) is 29.3 Å². The molecule has 3 rings (SSSR count). The molecule has 2 heterocycles. The van der Waals surface area contributed by atoms with Crippen molar-refractivity contribution in [1.82, 2.24) is 14.0 Å². The highest BCUT2D eigenvalue weighted by atomic mass is 32.1. The molecule has 0 spiro atoms. The molecule has 0 aliphatic carbocycles. The van der Waals surface area contributed by atoms with Crippen molar-refractivity contribution in [1.29, 1.82) is 5.26 Å². The van der Waals surface area contributed by atoms with Gasteiger partial charge in [-0.15, -0.1) is 0 Å². The van der Waals surface area contributed by atoms with Crippen LogP contribution in [-0.4, -0.2) is 46.4 Å². The lowest BCUT2D eigenvalue weighted by molar-refractivity contribution is -0.0262. The van der Waals surface area contributed by atoms with Gasteiger partial charge in [0.05, 0.1) is 19.3 Å². The number of halogens is 1. The molecule has 34 heavy (non-hydrogen) atoms. The maximum Gasteiger partial charge on any atom is 0.182 e. The highest BCUT2D eigenvalue weighted by Gasteiger charge is 2.21. The quantitative estimate of drug-likeness (QED) is 0.575. The molecule has 1 atom stereocenters. The summed E-state index contributed by atoms with van der Waals surface area (Å²) in [7, 11) is 0. The van der Waals surface area contributed by atoms with Gasteiger partial charge in [0.1, 0.15) is 23.3 Å². The maximum absolute atomic E-state index is 13.2. The van der Waals surface area contributed by atoms with Crippen molar-refractivity contribution in [3.63, 3.8) is 0 Å². The maximum atomic E-state index is 13.2. The van der Waals surface area contributed by atoms with Gasteiger partial charge in [0.15, 0.2) is 10.3 Å². The molecule has 1 fully saturated rings. The fourth-order valence-electron chi connectivity index (χ4n) is 4.14. The topological polar surface area (TPSA) is 84.5 Å². The van der Waals surface area contributed by atoms with E-state index in [0.29, 0.717) is 66.3 Å². The van der Waals surface area contributed by atoms with E-state index in [2.05, 4.69) is 38.7 Å². The molecule has 0 amide bonds. The number of ether oxygens (including phenoxy) is 1. The van der Waals surface area contributed by atoms with Crippen LogP contribution < -0.4 is 11.2 Å². The number of nitrogens with zero attached hydrogens (tertiary/aromatic N) is 5. The Morgan fingerprint density at radius 1 is 1.18 bits per heavy atom. The first kappa shape index (κ1) is 26.1. The number of nitrogen functional groups attached to an aromatic ring is 1. The molecular formula is C25H35FN6OS. The summed E-state index contributed by atoms with van der Waals surface area (Å²) in [6.45, 7) is 12.9. The average molecular weight is 487 g/mol. The summed E-state index contributed by atoms with van der Waals surface area (Å²) in [5.41, 5.74) is 8.34. The Morgan fingerprint density at radius 2 is 1.82 bits per heavy atom. The normalized spacial score (nSPS) is 17.5. The summed E-state index contributed by atoms with van der Waals surface area (Å²) in [4.78, 5) is 7.10. The zero-order chi connectivity index (χ0) is 24.8. The Labute approximate surface area is 206 Å². The van der Waals surface area contributed by atoms with E-state index in [-0.39, 0.29) is 11.9 Å². The molecule has 1 aromatic heterocycles. The SMILES string of the molecule is CC(C)Cn1c(N)c(C#N)c(=NCC2CN(Cc3ccc(F)cc3)CCO2)n(CC(C)C)c1=S. The third kappa shape index (κ3) is 6.53. The number of hydrogen-bond acceptors (Lipinski definition) is 6. The van der Waals surface area contributed by atoms with Crippen LogP contribution in [0.5, 0.6) is 0 Å². The van der Waals surface area contributed by atoms with Gasteiger partial charge in [0.2, 0.25) is 0 Å². The zero-order valence-corrected chi connectivity index (χ0v) is 21.3. The molecule has 184 valence electrons. The lowest BCUT2D eigenvalue weighted by Gasteiger charge is -2.32. The molecule has 2 N–H and O–H groups in total. The summed E-state index contributed by atoms with van der Waals surface area (Å²) in [6.07, 6.45) is -0.119. The first-order valence-electron chi connectivity index (χ1n) is 11.8. The third-order valence-electron chi connectivity index (χ3n) is 5.68. The summed E-state index contributed by atoms with van der Waals surface area (Å²) in [5, 5.41) is 9.95. The van der Waals surface area contributed by atoms with Crippen LogP contribution in [0.25, 0.3) is 0 Å². The van der Waals surface area contributed by atoms with E-state index in [1.165, 1.54) is 12.1 Å². The number of nitriles is 1. The van der Waals surface area contributed by atoms with Gasteiger partial charge in [-0.25, -0.2) is 4.39 Å². The number of nitrogens with two attached hydrogens (primary N) is 1. The molecule has 9 heteroatoms. The fourth-order valence-corrected chi connectivity index (χ4v) is 4.47. The number of aromatic nitrogens is 2. The van der Waals surface area contributed by atoms with Crippen LogP contribution in [0.1, 0.15) is 38.8 Å². The molecule has 2 aromatic rings. The van der Waals surface area contributed by atoms with Crippen molar-refractivity contribution in [3.05, 3.63) is 51.5 Å². The second-order valence-electron chi connectivity index (χ2n) is 9.68. The van der Waals surface area contributed by atoms with Crippen molar-refractivity contribution in [2.75, 3.05) is 32.0 Å². The van der Waals surface area contributed by atoms with E-state index in [0.717, 1.165) is 18.7 Å². The van der Waals surface area contributed by atoms with E-state index >= 15 is 0 Å². The van der Waals surface area contributed by atoms with E-state index in [9.17, 15) is 9.65 Å². The first-order chi connectivity index (χ1) is 16.2. The Kier molecular flexibility index (Phi) is 9.00. The second kappa shape index (κ2) is 11.7. The smallest absolute Gasteiger partial charge is 0.182 e. The summed E-state index contributed by atoms with van der Waals surface area (Å²) in [6, 6.07) is 8.85. The van der Waals surface area contributed by atoms with E-state index < -0.39 is 0 Å². The standard InChI is InChI=1S/C25H35FN6OS/c1-17(2)13-31-23(28)22(11-27)24(32(25(31)34)14-18(3)4)29-12-21-16-30(9-10-33-21)15-19-5-7-20(26)8-6-19/h5-8,17-18,21H,9-10,12-16,28H2,1-4H3. The van der Waals surface area contributed by atoms with Crippen LogP contribution in [0.2, 0.25) is 0 Å². The Bertz CT molecular complexity index is 1150. The Hall–Kier alpha value is -2.54. The van der Waals surface area contributed by atoms with E-state index in [4.69, 9.17) is 27.7 Å². The van der Waals surface area contributed by atoms with Crippen molar-refractivity contribution >= 4 is 18.0 Å². The molecule has 1 aliphatic rings. The van der Waals surface area contributed by atoms with Crippen LogP contribution in [-0.2, 0) is 24.4 Å². The largest absolute Gasteiger partial charge is 0.384 e. The Morgan fingerprint density at radius 3 is 2.44 bits per heavy atom. The lowest BCUT2D eigenvalue weighted by Crippen LogP contribution is -2.44. The summed E-state index contributed by atoms with van der Waals surface area (Å²) < 4.78 is 23.6. The molecule has 1 saturated heterocycles. The zero-order valence-electron chi connectivity index (χ0n) is 20.5. The van der Waals surface area contributed by atoms with Crippen molar-refractivity contribution < 1.29 is 9.13 Å². The van der Waals surface area contributed by atoms with Gasteiger partial charge in [-0.05, 0) is 41.7 Å². The van der Waals surface area contributed by atoms with Gasteiger partial charge >= 0.3 is 0 Å². The fraction of sp³-hybridized carbons (Fsp3) is 0.560. The van der Waals surface area contributed by atoms with E-state index in [1.807, 2.05) is 21.3 Å². The van der Waals surface area contributed by atoms with Crippen LogP contribution in [0, 0.1) is 33.8 Å². The predicted octanol–water partition coefficient (Wildman–Crippen LogP) is 3.73. The minimum absolute atomic E-state index is 0.119. The molecule has 1 aromatic carbocycles. The molecule has 0 radical (unpaired) electrons. The van der Waals surface area contributed by atoms with Crippen LogP contribution >= 0.6 is 12.2 Å². The number of morpholine rings is 1. The molecule has 7 nitrogen and oxygen atoms in total. The van der Waals surface area contributed by atoms with E-state index in [1.54, 1.807) is 0 Å². The van der Waals surface area contributed by atoms with Gasteiger partial charge in [-0.2, -0.15) is 5.26 Å². The molecule has 0 saturated carbocycles. The van der Waals surface area contributed by atoms with Crippen LogP contribution in [0.3, 0.4) is 0 Å². The number of hydrogen-bond donors (Lipinski definition) is 1. The summed E-state index contributed by atoms with van der Waals surface area (Å²) >= 11 is 5.79. The number of anilines is 1. The van der Waals surface area contributed by atoms with Crippen molar-refractivity contribution in [2.45, 2.75) is 53.4 Å². The van der Waals surface area contributed by atoms with Gasteiger partial charge in [-0.3, -0.25) is 9.89 Å². The highest BCUT2D eigenvalue weighted by molar-refractivity contribution is 7.71. The predicted molar refractivity (Wildman–Crippen MR) is 134 cm³/mol. The summed E-state index contributed by atoms with van der Waals surface area (Å²) in [5.74, 6) is 0.782. The first-order valence-corrected chi connectivity index (χ1v) is 12.2. The van der Waals surface area contributed by atoms with Crippen molar-refractivity contribution in [3.8, 4) is 6.07 Å². The van der Waals surface area contributed by atoms with Gasteiger partial charge < -0.3 is 19.6 Å². The number of rotatable bonds is 8.